The van der Waals surface area contributed by atoms with Gasteiger partial charge in [0.05, 0.1) is 19.2 Å². The lowest BCUT2D eigenvalue weighted by Gasteiger charge is -2.34. The van der Waals surface area contributed by atoms with Gasteiger partial charge in [-0.1, -0.05) is 0 Å². The highest BCUT2D eigenvalue weighted by Crippen LogP contribution is 2.22. The number of pyridine rings is 1. The maximum absolute atomic E-state index is 10.9. The van der Waals surface area contributed by atoms with Gasteiger partial charge >= 0.3 is 5.97 Å². The van der Waals surface area contributed by atoms with Gasteiger partial charge in [-0.2, -0.15) is 11.8 Å². The number of carboxylic acid groups (broad SMARTS) is 1. The molecule has 5 nitrogen and oxygen atoms in total. The van der Waals surface area contributed by atoms with Gasteiger partial charge in [-0.15, -0.1) is 0 Å². The van der Waals surface area contributed by atoms with Gasteiger partial charge in [0.2, 0.25) is 0 Å². The molecule has 2 rings (SSSR count). The average molecular weight is 296 g/mol. The fourth-order valence-corrected chi connectivity index (χ4v) is 3.53. The highest BCUT2D eigenvalue weighted by atomic mass is 32.2. The van der Waals surface area contributed by atoms with Crippen molar-refractivity contribution in [2.24, 2.45) is 0 Å². The highest BCUT2D eigenvalue weighted by Gasteiger charge is 2.25. The Kier molecular flexibility index (Phi) is 5.25. The van der Waals surface area contributed by atoms with Gasteiger partial charge < -0.3 is 9.84 Å². The fourth-order valence-electron chi connectivity index (χ4n) is 2.40. The molecule has 0 amide bonds. The summed E-state index contributed by atoms with van der Waals surface area (Å²) in [6.45, 7) is 3.52. The van der Waals surface area contributed by atoms with Gasteiger partial charge in [0.1, 0.15) is 5.75 Å². The van der Waals surface area contributed by atoms with Crippen LogP contribution in [0.1, 0.15) is 17.8 Å². The predicted molar refractivity (Wildman–Crippen MR) is 79.3 cm³/mol. The molecule has 1 N–H and O–H groups in total. The molecule has 0 aromatic carbocycles. The minimum atomic E-state index is -0.739. The summed E-state index contributed by atoms with van der Waals surface area (Å²) < 4.78 is 5.26. The van der Waals surface area contributed by atoms with Crippen molar-refractivity contribution in [1.82, 2.24) is 9.88 Å². The Bertz CT molecular complexity index is 481. The monoisotopic (exact) mass is 296 g/mol. The van der Waals surface area contributed by atoms with Crippen LogP contribution in [-0.4, -0.2) is 52.2 Å². The molecule has 1 fully saturated rings. The Morgan fingerprint density at radius 1 is 1.60 bits per heavy atom. The first-order chi connectivity index (χ1) is 9.58. The van der Waals surface area contributed by atoms with Crippen LogP contribution in [0.2, 0.25) is 0 Å². The second-order valence-corrected chi connectivity index (χ2v) is 6.09. The van der Waals surface area contributed by atoms with Gasteiger partial charge in [0.25, 0.3) is 0 Å². The Hall–Kier alpha value is -1.27. The van der Waals surface area contributed by atoms with Gasteiger partial charge in [-0.25, -0.2) is 0 Å². The lowest BCUT2D eigenvalue weighted by molar-refractivity contribution is -0.138. The van der Waals surface area contributed by atoms with E-state index >= 15 is 0 Å². The summed E-state index contributed by atoms with van der Waals surface area (Å²) in [7, 11) is 1.64. The molecule has 110 valence electrons. The van der Waals surface area contributed by atoms with E-state index in [1.54, 1.807) is 7.11 Å². The molecule has 1 aliphatic rings. The highest BCUT2D eigenvalue weighted by molar-refractivity contribution is 7.99. The molecule has 1 aromatic rings. The predicted octanol–water partition coefficient (Wildman–Crippen LogP) is 1.79. The molecular formula is C14H20N2O3S. The van der Waals surface area contributed by atoms with Crippen molar-refractivity contribution in [3.63, 3.8) is 0 Å². The third-order valence-electron chi connectivity index (χ3n) is 3.34. The van der Waals surface area contributed by atoms with E-state index in [2.05, 4.69) is 9.88 Å². The second kappa shape index (κ2) is 6.95. The molecule has 1 aromatic heterocycles. The van der Waals surface area contributed by atoms with Crippen LogP contribution in [0.3, 0.4) is 0 Å². The lowest BCUT2D eigenvalue weighted by Crippen LogP contribution is -2.43. The van der Waals surface area contributed by atoms with E-state index in [1.165, 1.54) is 0 Å². The summed E-state index contributed by atoms with van der Waals surface area (Å²) in [6, 6.07) is 3.90. The van der Waals surface area contributed by atoms with Crippen LogP contribution in [-0.2, 0) is 11.3 Å². The summed E-state index contributed by atoms with van der Waals surface area (Å²) in [4.78, 5) is 17.7. The average Bonchev–Trinajstić information content (AvgIpc) is 2.39. The Balaban J connectivity index is 2.09. The minimum Gasteiger partial charge on any atom is -0.497 e. The molecule has 0 spiro atoms. The zero-order chi connectivity index (χ0) is 14.5. The number of rotatable bonds is 5. The van der Waals surface area contributed by atoms with Crippen LogP contribution in [0, 0.1) is 6.92 Å². The van der Waals surface area contributed by atoms with E-state index < -0.39 is 5.97 Å². The Morgan fingerprint density at radius 2 is 2.40 bits per heavy atom. The van der Waals surface area contributed by atoms with Gasteiger partial charge in [0, 0.05) is 48.5 Å². The van der Waals surface area contributed by atoms with Gasteiger partial charge in [0.15, 0.2) is 0 Å². The maximum atomic E-state index is 10.9. The molecule has 1 atom stereocenters. The molecular weight excluding hydrogens is 276 g/mol. The fraction of sp³-hybridized carbons (Fsp3) is 0.571. The number of thioether (sulfide) groups is 1. The molecule has 1 unspecified atom stereocenters. The molecule has 0 aliphatic carbocycles. The molecule has 20 heavy (non-hydrogen) atoms. The number of ether oxygens (including phenoxy) is 1. The number of methoxy groups -OCH3 is 1. The van der Waals surface area contributed by atoms with Crippen LogP contribution in [0.4, 0.5) is 0 Å². The molecule has 0 radical (unpaired) electrons. The van der Waals surface area contributed by atoms with Crippen molar-refractivity contribution in [1.29, 1.82) is 0 Å². The van der Waals surface area contributed by atoms with E-state index in [9.17, 15) is 4.79 Å². The number of hydrogen-bond donors (Lipinski definition) is 1. The zero-order valence-electron chi connectivity index (χ0n) is 11.8. The molecule has 6 heteroatoms. The minimum absolute atomic E-state index is 0.0829. The van der Waals surface area contributed by atoms with Crippen molar-refractivity contribution in [2.75, 3.05) is 25.2 Å². The maximum Gasteiger partial charge on any atom is 0.304 e. The van der Waals surface area contributed by atoms with E-state index in [1.807, 2.05) is 30.8 Å². The van der Waals surface area contributed by atoms with Crippen molar-refractivity contribution in [2.45, 2.75) is 25.9 Å². The summed E-state index contributed by atoms with van der Waals surface area (Å²) in [5.41, 5.74) is 1.85. The quantitative estimate of drug-likeness (QED) is 0.894. The number of aliphatic carboxylic acids is 1. The summed E-state index contributed by atoms with van der Waals surface area (Å²) in [5.74, 6) is 1.97. The van der Waals surface area contributed by atoms with Crippen LogP contribution < -0.4 is 4.74 Å². The zero-order valence-corrected chi connectivity index (χ0v) is 12.7. The Labute approximate surface area is 123 Å². The Morgan fingerprint density at radius 3 is 3.10 bits per heavy atom. The number of nitrogens with zero attached hydrogens (tertiary/aromatic N) is 2. The smallest absolute Gasteiger partial charge is 0.304 e. The first-order valence-electron chi connectivity index (χ1n) is 6.63. The standard InChI is InChI=1S/C14H20N2O3S/c1-10-5-13(19-2)6-11(15-10)8-16-3-4-20-9-12(16)7-14(17)18/h5-6,12H,3-4,7-9H2,1-2H3,(H,17,18). The number of aromatic nitrogens is 1. The summed E-state index contributed by atoms with van der Waals surface area (Å²) in [5, 5.41) is 9.00. The third kappa shape index (κ3) is 4.11. The van der Waals surface area contributed by atoms with E-state index in [0.717, 1.165) is 35.2 Å². The first kappa shape index (κ1) is 15.1. The van der Waals surface area contributed by atoms with Gasteiger partial charge in [-0.05, 0) is 6.92 Å². The number of aryl methyl sites for hydroxylation is 1. The first-order valence-corrected chi connectivity index (χ1v) is 7.79. The molecule has 2 heterocycles. The van der Waals surface area contributed by atoms with Crippen LogP contribution in [0.5, 0.6) is 5.75 Å². The normalized spacial score (nSPS) is 19.8. The van der Waals surface area contributed by atoms with Crippen LogP contribution >= 0.6 is 11.8 Å². The van der Waals surface area contributed by atoms with E-state index in [-0.39, 0.29) is 12.5 Å². The van der Waals surface area contributed by atoms with Crippen molar-refractivity contribution >= 4 is 17.7 Å². The van der Waals surface area contributed by atoms with Crippen molar-refractivity contribution in [3.05, 3.63) is 23.5 Å². The van der Waals surface area contributed by atoms with E-state index in [4.69, 9.17) is 9.84 Å². The van der Waals surface area contributed by atoms with E-state index in [0.29, 0.717) is 6.54 Å². The van der Waals surface area contributed by atoms with Crippen molar-refractivity contribution < 1.29 is 14.6 Å². The summed E-state index contributed by atoms with van der Waals surface area (Å²) in [6.07, 6.45) is 0.190. The topological polar surface area (TPSA) is 62.7 Å². The number of carbonyl (C=O) groups is 1. The lowest BCUT2D eigenvalue weighted by atomic mass is 10.1. The molecule has 0 bridgehead atoms. The van der Waals surface area contributed by atoms with Crippen molar-refractivity contribution in [3.8, 4) is 5.75 Å². The molecule has 1 saturated heterocycles. The second-order valence-electron chi connectivity index (χ2n) is 4.94. The van der Waals surface area contributed by atoms with Gasteiger partial charge in [-0.3, -0.25) is 14.7 Å². The SMILES string of the molecule is COc1cc(C)nc(CN2CCSCC2CC(=O)O)c1. The largest absolute Gasteiger partial charge is 0.497 e. The number of carboxylic acids is 1. The summed E-state index contributed by atoms with van der Waals surface area (Å²) >= 11 is 1.82. The third-order valence-corrected chi connectivity index (χ3v) is 4.43. The van der Waals surface area contributed by atoms with Crippen LogP contribution in [0.15, 0.2) is 12.1 Å². The van der Waals surface area contributed by atoms with Crippen LogP contribution in [0.25, 0.3) is 0 Å². The molecule has 0 saturated carbocycles. The molecule has 1 aliphatic heterocycles. The number of hydrogen-bond acceptors (Lipinski definition) is 5.